The molecule has 0 fully saturated rings. The fourth-order valence-corrected chi connectivity index (χ4v) is 2.71. The lowest BCUT2D eigenvalue weighted by Gasteiger charge is -2.05. The van der Waals surface area contributed by atoms with Crippen molar-refractivity contribution in [2.75, 3.05) is 5.32 Å². The topological polar surface area (TPSA) is 103 Å². The van der Waals surface area contributed by atoms with Gasteiger partial charge in [0.05, 0.1) is 5.69 Å². The molecule has 0 radical (unpaired) electrons. The summed E-state index contributed by atoms with van der Waals surface area (Å²) in [5, 5.41) is 18.4. The molecule has 4 rings (SSSR count). The third-order valence-electron chi connectivity index (χ3n) is 4.04. The molecular formula is C18H15FN8O. The maximum Gasteiger partial charge on any atom is 0.295 e. The van der Waals surface area contributed by atoms with Crippen molar-refractivity contribution < 1.29 is 9.18 Å². The number of aromatic nitrogens is 7. The average Bonchev–Trinajstić information content (AvgIpc) is 3.28. The number of rotatable bonds is 4. The summed E-state index contributed by atoms with van der Waals surface area (Å²) in [5.41, 5.74) is 1.93. The predicted octanol–water partition coefficient (Wildman–Crippen LogP) is 2.16. The number of hydrogen-bond acceptors (Lipinski definition) is 6. The third-order valence-corrected chi connectivity index (χ3v) is 4.04. The van der Waals surface area contributed by atoms with E-state index < -0.39 is 5.91 Å². The second kappa shape index (κ2) is 6.99. The molecule has 4 aromatic rings. The fourth-order valence-electron chi connectivity index (χ4n) is 2.71. The zero-order valence-electron chi connectivity index (χ0n) is 15.0. The van der Waals surface area contributed by atoms with Gasteiger partial charge in [0.15, 0.2) is 5.82 Å². The second-order valence-corrected chi connectivity index (χ2v) is 6.03. The van der Waals surface area contributed by atoms with Crippen molar-refractivity contribution in [1.82, 2.24) is 35.0 Å². The first-order valence-electron chi connectivity index (χ1n) is 8.35. The van der Waals surface area contributed by atoms with Crippen LogP contribution in [-0.4, -0.2) is 40.9 Å². The van der Waals surface area contributed by atoms with Crippen molar-refractivity contribution in [2.24, 2.45) is 7.05 Å². The Morgan fingerprint density at radius 1 is 1.14 bits per heavy atom. The van der Waals surface area contributed by atoms with Gasteiger partial charge in [-0.05, 0) is 53.7 Å². The van der Waals surface area contributed by atoms with Gasteiger partial charge < -0.3 is 5.32 Å². The van der Waals surface area contributed by atoms with E-state index in [4.69, 9.17) is 0 Å². The molecule has 0 spiro atoms. The number of nitrogens with zero attached hydrogens (tertiary/aromatic N) is 7. The van der Waals surface area contributed by atoms with Crippen molar-refractivity contribution in [1.29, 1.82) is 0 Å². The first-order valence-corrected chi connectivity index (χ1v) is 8.35. The second-order valence-electron chi connectivity index (χ2n) is 6.03. The molecule has 10 heteroatoms. The van der Waals surface area contributed by atoms with Crippen molar-refractivity contribution in [2.45, 2.75) is 6.92 Å². The molecule has 2 aromatic carbocycles. The Bertz CT molecular complexity index is 1150. The van der Waals surface area contributed by atoms with E-state index in [9.17, 15) is 9.18 Å². The van der Waals surface area contributed by atoms with Gasteiger partial charge in [-0.15, -0.1) is 10.2 Å². The third kappa shape index (κ3) is 3.34. The highest BCUT2D eigenvalue weighted by atomic mass is 19.1. The van der Waals surface area contributed by atoms with Crippen LogP contribution >= 0.6 is 0 Å². The summed E-state index contributed by atoms with van der Waals surface area (Å²) in [4.78, 5) is 16.8. The molecule has 2 heterocycles. The Morgan fingerprint density at radius 2 is 1.93 bits per heavy atom. The number of hydrogen-bond donors (Lipinski definition) is 1. The van der Waals surface area contributed by atoms with Crippen molar-refractivity contribution in [3.05, 3.63) is 66.0 Å². The van der Waals surface area contributed by atoms with Gasteiger partial charge in [-0.2, -0.15) is 0 Å². The van der Waals surface area contributed by atoms with Crippen LogP contribution in [0.1, 0.15) is 16.4 Å². The summed E-state index contributed by atoms with van der Waals surface area (Å²) >= 11 is 0. The lowest BCUT2D eigenvalue weighted by Crippen LogP contribution is -2.14. The average molecular weight is 378 g/mol. The van der Waals surface area contributed by atoms with Crippen molar-refractivity contribution >= 4 is 11.6 Å². The number of anilines is 1. The molecule has 9 nitrogen and oxygen atoms in total. The molecule has 0 aliphatic heterocycles. The number of benzene rings is 2. The number of nitrogens with one attached hydrogen (secondary N) is 1. The molecule has 1 N–H and O–H groups in total. The summed E-state index contributed by atoms with van der Waals surface area (Å²) < 4.78 is 16.1. The van der Waals surface area contributed by atoms with Gasteiger partial charge in [-0.3, -0.25) is 4.79 Å². The monoisotopic (exact) mass is 378 g/mol. The van der Waals surface area contributed by atoms with E-state index in [0.29, 0.717) is 23.0 Å². The summed E-state index contributed by atoms with van der Waals surface area (Å²) in [6.45, 7) is 1.72. The highest BCUT2D eigenvalue weighted by molar-refractivity contribution is 6.01. The molecule has 0 atom stereocenters. The summed E-state index contributed by atoms with van der Waals surface area (Å²) in [7, 11) is 1.73. The Balaban J connectivity index is 1.57. The van der Waals surface area contributed by atoms with Crippen LogP contribution in [0.3, 0.4) is 0 Å². The standard InChI is InChI=1S/C18H15FN8O/c1-11-20-16(23-27(11)15-8-6-13(19)7-9-15)18(28)21-14-5-3-4-12(10-14)17-22-24-25-26(17)2/h3-10H,1-2H3,(H,21,28). The zero-order chi connectivity index (χ0) is 19.7. The molecule has 0 saturated heterocycles. The van der Waals surface area contributed by atoms with Crippen LogP contribution in [0.5, 0.6) is 0 Å². The normalized spacial score (nSPS) is 10.8. The molecule has 0 bridgehead atoms. The lowest BCUT2D eigenvalue weighted by molar-refractivity contribution is 0.101. The zero-order valence-corrected chi connectivity index (χ0v) is 15.0. The largest absolute Gasteiger partial charge is 0.319 e. The predicted molar refractivity (Wildman–Crippen MR) is 98.2 cm³/mol. The van der Waals surface area contributed by atoms with Crippen molar-refractivity contribution in [3.63, 3.8) is 0 Å². The maximum atomic E-state index is 13.1. The fraction of sp³-hybridized carbons (Fsp3) is 0.111. The number of amides is 1. The lowest BCUT2D eigenvalue weighted by atomic mass is 10.2. The molecule has 0 aliphatic rings. The van der Waals surface area contributed by atoms with Crippen LogP contribution in [0.4, 0.5) is 10.1 Å². The molecular weight excluding hydrogens is 363 g/mol. The Morgan fingerprint density at radius 3 is 2.64 bits per heavy atom. The van der Waals surface area contributed by atoms with Gasteiger partial charge in [0.25, 0.3) is 5.91 Å². The molecule has 2 aromatic heterocycles. The van der Waals surface area contributed by atoms with Crippen LogP contribution in [-0.2, 0) is 7.05 Å². The highest BCUT2D eigenvalue weighted by Gasteiger charge is 2.16. The van der Waals surface area contributed by atoms with Crippen LogP contribution in [0.25, 0.3) is 17.1 Å². The van der Waals surface area contributed by atoms with E-state index in [0.717, 1.165) is 5.56 Å². The smallest absolute Gasteiger partial charge is 0.295 e. The molecule has 140 valence electrons. The molecule has 0 aliphatic carbocycles. The van der Waals surface area contributed by atoms with Crippen molar-refractivity contribution in [3.8, 4) is 17.1 Å². The van der Waals surface area contributed by atoms with Crippen LogP contribution in [0, 0.1) is 12.7 Å². The number of halogens is 1. The Hall–Kier alpha value is -3.95. The van der Waals surface area contributed by atoms with E-state index >= 15 is 0 Å². The molecule has 0 unspecified atom stereocenters. The van der Waals surface area contributed by atoms with Gasteiger partial charge in [0, 0.05) is 18.3 Å². The summed E-state index contributed by atoms with van der Waals surface area (Å²) in [6.07, 6.45) is 0. The highest BCUT2D eigenvalue weighted by Crippen LogP contribution is 2.20. The van der Waals surface area contributed by atoms with Crippen LogP contribution in [0.15, 0.2) is 48.5 Å². The maximum absolute atomic E-state index is 13.1. The Kier molecular flexibility index (Phi) is 4.36. The minimum Gasteiger partial charge on any atom is -0.319 e. The number of aryl methyl sites for hydroxylation is 2. The first-order chi connectivity index (χ1) is 13.5. The van der Waals surface area contributed by atoms with Crippen LogP contribution < -0.4 is 5.32 Å². The summed E-state index contributed by atoms with van der Waals surface area (Å²) in [6, 6.07) is 12.9. The van der Waals surface area contributed by atoms with Crippen LogP contribution in [0.2, 0.25) is 0 Å². The quantitative estimate of drug-likeness (QED) is 0.584. The van der Waals surface area contributed by atoms with Gasteiger partial charge in [-0.25, -0.2) is 18.7 Å². The number of carbonyl (C=O) groups excluding carboxylic acids is 1. The van der Waals surface area contributed by atoms with E-state index in [1.807, 2.05) is 6.07 Å². The van der Waals surface area contributed by atoms with E-state index in [1.54, 1.807) is 44.3 Å². The minimum atomic E-state index is -0.461. The number of tetrazole rings is 1. The first kappa shape index (κ1) is 17.5. The van der Waals surface area contributed by atoms with Gasteiger partial charge in [0.2, 0.25) is 5.82 Å². The summed E-state index contributed by atoms with van der Waals surface area (Å²) in [5.74, 6) is 0.281. The molecule has 0 saturated carbocycles. The SMILES string of the molecule is Cc1nc(C(=O)Nc2cccc(-c3nnnn3C)c2)nn1-c1ccc(F)cc1. The van der Waals surface area contributed by atoms with Gasteiger partial charge in [0.1, 0.15) is 11.6 Å². The van der Waals surface area contributed by atoms with E-state index in [1.165, 1.54) is 21.5 Å². The van der Waals surface area contributed by atoms with E-state index in [-0.39, 0.29) is 11.6 Å². The van der Waals surface area contributed by atoms with Gasteiger partial charge >= 0.3 is 0 Å². The Labute approximate surface area is 158 Å². The minimum absolute atomic E-state index is 0.00699. The van der Waals surface area contributed by atoms with Gasteiger partial charge in [-0.1, -0.05) is 12.1 Å². The molecule has 28 heavy (non-hydrogen) atoms. The van der Waals surface area contributed by atoms with E-state index in [2.05, 4.69) is 30.9 Å². The number of carbonyl (C=O) groups is 1. The molecule has 1 amide bonds.